The lowest BCUT2D eigenvalue weighted by Gasteiger charge is -2.19. The van der Waals surface area contributed by atoms with E-state index in [4.69, 9.17) is 4.74 Å². The highest BCUT2D eigenvalue weighted by molar-refractivity contribution is 5.80. The van der Waals surface area contributed by atoms with E-state index in [9.17, 15) is 4.79 Å². The van der Waals surface area contributed by atoms with Crippen molar-refractivity contribution in [3.8, 4) is 0 Å². The van der Waals surface area contributed by atoms with Crippen LogP contribution in [0.5, 0.6) is 0 Å². The lowest BCUT2D eigenvalue weighted by atomic mass is 9.89. The van der Waals surface area contributed by atoms with Gasteiger partial charge in [0.05, 0.1) is 5.69 Å². The second-order valence-electron chi connectivity index (χ2n) is 6.47. The molecule has 1 aromatic heterocycles. The molecule has 2 atom stereocenters. The predicted molar refractivity (Wildman–Crippen MR) is 101 cm³/mol. The van der Waals surface area contributed by atoms with E-state index in [1.807, 2.05) is 39.1 Å². The quantitative estimate of drug-likeness (QED) is 0.627. The van der Waals surface area contributed by atoms with Gasteiger partial charge >= 0.3 is 6.09 Å². The zero-order valence-electron chi connectivity index (χ0n) is 15.5. The van der Waals surface area contributed by atoms with E-state index in [0.29, 0.717) is 0 Å². The molecule has 2 bridgehead atoms. The standard InChI is InChI=1S/C19H23NO2.C2H6/c1-13-5-8-17(9-6-13)18-11-16-10-14(2)4-7-15(3)22-19(21)20(18)12-16;1-2/h4,7-8,10-13,15H,5-6,9H2,1-3H3;1-2H3/b7-4+,14-10-;. The van der Waals surface area contributed by atoms with Gasteiger partial charge in [-0.3, -0.25) is 4.57 Å². The summed E-state index contributed by atoms with van der Waals surface area (Å²) in [7, 11) is 0. The summed E-state index contributed by atoms with van der Waals surface area (Å²) in [5, 5.41) is 0. The highest BCUT2D eigenvalue weighted by Crippen LogP contribution is 2.31. The topological polar surface area (TPSA) is 31.2 Å². The third-order valence-corrected chi connectivity index (χ3v) is 4.35. The molecule has 0 saturated carbocycles. The first kappa shape index (κ1) is 18.3. The predicted octanol–water partition coefficient (Wildman–Crippen LogP) is 6.06. The average molecular weight is 327 g/mol. The van der Waals surface area contributed by atoms with Crippen LogP contribution in [0.2, 0.25) is 0 Å². The smallest absolute Gasteiger partial charge is 0.419 e. The minimum absolute atomic E-state index is 0.229. The van der Waals surface area contributed by atoms with E-state index in [2.05, 4.69) is 32.1 Å². The molecule has 0 N–H and O–H groups in total. The van der Waals surface area contributed by atoms with Crippen LogP contribution in [0.25, 0.3) is 11.6 Å². The lowest BCUT2D eigenvalue weighted by Crippen LogP contribution is -2.20. The molecule has 3 heteroatoms. The number of hydrogen-bond acceptors (Lipinski definition) is 2. The third-order valence-electron chi connectivity index (χ3n) is 4.35. The second kappa shape index (κ2) is 8.18. The largest absolute Gasteiger partial charge is 0.442 e. The number of fused-ring (bicyclic) bond motifs is 2. The molecule has 1 aliphatic carbocycles. The Morgan fingerprint density at radius 2 is 2.00 bits per heavy atom. The minimum Gasteiger partial charge on any atom is -0.442 e. The molecule has 0 aromatic carbocycles. The molecule has 1 aliphatic heterocycles. The van der Waals surface area contributed by atoms with Gasteiger partial charge in [-0.05, 0) is 62.3 Å². The first-order chi connectivity index (χ1) is 11.5. The van der Waals surface area contributed by atoms with Crippen molar-refractivity contribution in [1.82, 2.24) is 4.57 Å². The molecule has 2 heterocycles. The van der Waals surface area contributed by atoms with Crippen molar-refractivity contribution in [2.45, 2.75) is 60.0 Å². The number of rotatable bonds is 1. The molecular formula is C21H29NO2. The summed E-state index contributed by atoms with van der Waals surface area (Å²) in [6.07, 6.45) is 12.9. The molecule has 3 rings (SSSR count). The monoisotopic (exact) mass is 327 g/mol. The summed E-state index contributed by atoms with van der Waals surface area (Å²) in [6, 6.07) is 2.09. The number of cyclic esters (lactones) is 1. The van der Waals surface area contributed by atoms with Gasteiger partial charge in [0.15, 0.2) is 0 Å². The maximum Gasteiger partial charge on any atom is 0.419 e. The maximum atomic E-state index is 12.4. The Kier molecular flexibility index (Phi) is 6.24. The van der Waals surface area contributed by atoms with Gasteiger partial charge in [0, 0.05) is 6.20 Å². The Hall–Kier alpha value is -2.03. The van der Waals surface area contributed by atoms with Gasteiger partial charge in [-0.2, -0.15) is 0 Å². The highest BCUT2D eigenvalue weighted by atomic mass is 16.6. The van der Waals surface area contributed by atoms with Gasteiger partial charge in [0.2, 0.25) is 0 Å². The van der Waals surface area contributed by atoms with Crippen molar-refractivity contribution in [3.05, 3.63) is 47.3 Å². The van der Waals surface area contributed by atoms with Gasteiger partial charge in [-0.25, -0.2) is 4.79 Å². The van der Waals surface area contributed by atoms with E-state index in [1.54, 1.807) is 4.57 Å². The molecule has 2 aliphatic rings. The van der Waals surface area contributed by atoms with Crippen LogP contribution in [0, 0.1) is 5.92 Å². The lowest BCUT2D eigenvalue weighted by molar-refractivity contribution is 0.128. The molecule has 0 amide bonds. The summed E-state index contributed by atoms with van der Waals surface area (Å²) in [6.45, 7) is 10.2. The fraction of sp³-hybridized carbons (Fsp3) is 0.476. The van der Waals surface area contributed by atoms with Crippen LogP contribution in [0.15, 0.2) is 36.1 Å². The van der Waals surface area contributed by atoms with Crippen LogP contribution < -0.4 is 0 Å². The van der Waals surface area contributed by atoms with Crippen LogP contribution in [-0.4, -0.2) is 16.8 Å². The van der Waals surface area contributed by atoms with E-state index >= 15 is 0 Å². The van der Waals surface area contributed by atoms with Crippen LogP contribution in [-0.2, 0) is 4.74 Å². The highest BCUT2D eigenvalue weighted by Gasteiger charge is 2.20. The van der Waals surface area contributed by atoms with Gasteiger partial charge in [-0.15, -0.1) is 0 Å². The van der Waals surface area contributed by atoms with Crippen molar-refractivity contribution in [1.29, 1.82) is 0 Å². The van der Waals surface area contributed by atoms with Gasteiger partial charge < -0.3 is 4.74 Å². The summed E-state index contributed by atoms with van der Waals surface area (Å²) < 4.78 is 7.17. The average Bonchev–Trinajstić information content (AvgIpc) is 2.98. The zero-order valence-corrected chi connectivity index (χ0v) is 15.5. The number of carbonyl (C=O) groups is 1. The summed E-state index contributed by atoms with van der Waals surface area (Å²) in [5.41, 5.74) is 4.43. The van der Waals surface area contributed by atoms with E-state index in [1.165, 1.54) is 12.0 Å². The van der Waals surface area contributed by atoms with Gasteiger partial charge in [-0.1, -0.05) is 44.6 Å². The van der Waals surface area contributed by atoms with Crippen molar-refractivity contribution < 1.29 is 9.53 Å². The molecule has 2 unspecified atom stereocenters. The number of aromatic nitrogens is 1. The Bertz CT molecular complexity index is 676. The number of hydrogen-bond donors (Lipinski definition) is 0. The SMILES string of the molecule is CC.CC1=C/c2cc(C3=CCC(C)CC3)n(c2)C(=O)OC(C)\C=C\1. The van der Waals surface area contributed by atoms with Crippen molar-refractivity contribution in [2.75, 3.05) is 0 Å². The second-order valence-corrected chi connectivity index (χ2v) is 6.47. The van der Waals surface area contributed by atoms with Crippen molar-refractivity contribution in [2.24, 2.45) is 5.92 Å². The van der Waals surface area contributed by atoms with Crippen molar-refractivity contribution in [3.63, 3.8) is 0 Å². The minimum atomic E-state index is -0.300. The molecule has 24 heavy (non-hydrogen) atoms. The third kappa shape index (κ3) is 4.28. The number of allylic oxidation sites excluding steroid dienone is 4. The number of carbonyl (C=O) groups excluding carboxylic acids is 1. The number of ether oxygens (including phenoxy) is 1. The van der Waals surface area contributed by atoms with Crippen LogP contribution in [0.3, 0.4) is 0 Å². The first-order valence-corrected chi connectivity index (χ1v) is 9.02. The molecule has 0 spiro atoms. The van der Waals surface area contributed by atoms with E-state index in [0.717, 1.165) is 35.6 Å². The summed E-state index contributed by atoms with van der Waals surface area (Å²) in [4.78, 5) is 12.4. The Labute approximate surface area is 145 Å². The van der Waals surface area contributed by atoms with Crippen molar-refractivity contribution >= 4 is 17.7 Å². The molecule has 0 fully saturated rings. The first-order valence-electron chi connectivity index (χ1n) is 9.02. The summed E-state index contributed by atoms with van der Waals surface area (Å²) >= 11 is 0. The van der Waals surface area contributed by atoms with Crippen LogP contribution >= 0.6 is 0 Å². The molecular weight excluding hydrogens is 298 g/mol. The Balaban J connectivity index is 0.00000100. The molecule has 130 valence electrons. The van der Waals surface area contributed by atoms with Crippen LogP contribution in [0.4, 0.5) is 4.79 Å². The van der Waals surface area contributed by atoms with E-state index in [-0.39, 0.29) is 12.2 Å². The zero-order chi connectivity index (χ0) is 17.7. The fourth-order valence-electron chi connectivity index (χ4n) is 3.01. The molecule has 0 radical (unpaired) electrons. The molecule has 1 aromatic rings. The fourth-order valence-corrected chi connectivity index (χ4v) is 3.01. The van der Waals surface area contributed by atoms with Crippen LogP contribution in [0.1, 0.15) is 65.1 Å². The number of nitrogens with zero attached hydrogens (tertiary/aromatic N) is 1. The van der Waals surface area contributed by atoms with Gasteiger partial charge in [0.25, 0.3) is 0 Å². The Morgan fingerprint density at radius 3 is 2.67 bits per heavy atom. The molecule has 3 nitrogen and oxygen atoms in total. The maximum absolute atomic E-state index is 12.4. The van der Waals surface area contributed by atoms with E-state index < -0.39 is 0 Å². The summed E-state index contributed by atoms with van der Waals surface area (Å²) in [5.74, 6) is 0.729. The molecule has 0 saturated heterocycles. The van der Waals surface area contributed by atoms with Gasteiger partial charge in [0.1, 0.15) is 6.10 Å². The Morgan fingerprint density at radius 1 is 1.25 bits per heavy atom. The normalized spacial score (nSPS) is 27.0.